The van der Waals surface area contributed by atoms with E-state index in [0.717, 1.165) is 11.1 Å². The van der Waals surface area contributed by atoms with E-state index in [1.54, 1.807) is 18.2 Å². The first kappa shape index (κ1) is 12.7. The van der Waals surface area contributed by atoms with Gasteiger partial charge in [0.2, 0.25) is 5.78 Å². The van der Waals surface area contributed by atoms with Gasteiger partial charge in [0.25, 0.3) is 5.56 Å². The van der Waals surface area contributed by atoms with Crippen molar-refractivity contribution in [3.63, 3.8) is 0 Å². The van der Waals surface area contributed by atoms with Crippen molar-refractivity contribution in [2.45, 2.75) is 6.92 Å². The van der Waals surface area contributed by atoms with Crippen LogP contribution in [0.5, 0.6) is 0 Å². The zero-order chi connectivity index (χ0) is 14.7. The van der Waals surface area contributed by atoms with Gasteiger partial charge in [-0.1, -0.05) is 29.3 Å². The Morgan fingerprint density at radius 2 is 1.90 bits per heavy atom. The minimum absolute atomic E-state index is 0.125. The van der Waals surface area contributed by atoms with Crippen LogP contribution in [0.4, 0.5) is 0 Å². The summed E-state index contributed by atoms with van der Waals surface area (Å²) >= 11 is 12.1. The molecule has 2 heterocycles. The Bertz CT molecular complexity index is 1100. The van der Waals surface area contributed by atoms with Crippen LogP contribution in [0.2, 0.25) is 10.0 Å². The number of rotatable bonds is 0. The molecule has 0 saturated carbocycles. The molecule has 0 atom stereocenters. The van der Waals surface area contributed by atoms with Gasteiger partial charge in [0.1, 0.15) is 0 Å². The zero-order valence-electron chi connectivity index (χ0n) is 10.9. The molecule has 6 heteroatoms. The quantitative estimate of drug-likeness (QED) is 0.534. The minimum Gasteiger partial charge on any atom is -0.323 e. The molecular formula is C15H9Cl2N3O. The lowest BCUT2D eigenvalue weighted by molar-refractivity contribution is 1.12. The first-order valence-electron chi connectivity index (χ1n) is 6.34. The standard InChI is InChI=1S/C15H9Cl2N3O/c1-7-2-3-8-11(4-7)18-15-19-12-5-9(16)10(17)6-13(12)20(15)14(8)21/h2-6H,1H3,(H,18,19). The molecule has 2 aromatic heterocycles. The van der Waals surface area contributed by atoms with Crippen LogP contribution in [-0.2, 0) is 0 Å². The van der Waals surface area contributed by atoms with E-state index in [2.05, 4.69) is 9.97 Å². The van der Waals surface area contributed by atoms with E-state index in [9.17, 15) is 4.79 Å². The Labute approximate surface area is 128 Å². The maximum Gasteiger partial charge on any atom is 0.267 e. The first-order valence-corrected chi connectivity index (χ1v) is 7.10. The molecule has 0 saturated heterocycles. The van der Waals surface area contributed by atoms with Crippen molar-refractivity contribution in [3.8, 4) is 0 Å². The van der Waals surface area contributed by atoms with Gasteiger partial charge in [-0.05, 0) is 36.8 Å². The third-order valence-corrected chi connectivity index (χ3v) is 4.27. The van der Waals surface area contributed by atoms with Crippen molar-refractivity contribution >= 4 is 50.9 Å². The van der Waals surface area contributed by atoms with E-state index in [-0.39, 0.29) is 5.56 Å². The van der Waals surface area contributed by atoms with Crippen LogP contribution in [0.3, 0.4) is 0 Å². The van der Waals surface area contributed by atoms with Crippen molar-refractivity contribution in [1.82, 2.24) is 14.4 Å². The summed E-state index contributed by atoms with van der Waals surface area (Å²) in [5, 5.41) is 1.41. The smallest absolute Gasteiger partial charge is 0.267 e. The number of fused-ring (bicyclic) bond motifs is 4. The molecule has 4 aromatic rings. The number of benzene rings is 2. The van der Waals surface area contributed by atoms with Gasteiger partial charge in [-0.3, -0.25) is 4.79 Å². The molecule has 4 rings (SSSR count). The van der Waals surface area contributed by atoms with Crippen LogP contribution >= 0.6 is 23.2 Å². The monoisotopic (exact) mass is 317 g/mol. The van der Waals surface area contributed by atoms with E-state index >= 15 is 0 Å². The molecule has 1 N–H and O–H groups in total. The highest BCUT2D eigenvalue weighted by atomic mass is 35.5. The number of halogens is 2. The summed E-state index contributed by atoms with van der Waals surface area (Å²) < 4.78 is 1.52. The second-order valence-corrected chi connectivity index (χ2v) is 5.82. The lowest BCUT2D eigenvalue weighted by Crippen LogP contribution is -2.14. The molecule has 0 aliphatic heterocycles. The van der Waals surface area contributed by atoms with Gasteiger partial charge in [0.05, 0.1) is 32.0 Å². The Hall–Kier alpha value is -2.04. The fraction of sp³-hybridized carbons (Fsp3) is 0.0667. The van der Waals surface area contributed by atoms with Gasteiger partial charge < -0.3 is 4.98 Å². The first-order chi connectivity index (χ1) is 10.0. The summed E-state index contributed by atoms with van der Waals surface area (Å²) in [6.07, 6.45) is 0. The average Bonchev–Trinajstić information content (AvgIpc) is 2.76. The van der Waals surface area contributed by atoms with Crippen molar-refractivity contribution in [1.29, 1.82) is 0 Å². The highest BCUT2D eigenvalue weighted by Crippen LogP contribution is 2.27. The van der Waals surface area contributed by atoms with E-state index in [4.69, 9.17) is 23.2 Å². The van der Waals surface area contributed by atoms with Crippen LogP contribution in [0.1, 0.15) is 5.56 Å². The van der Waals surface area contributed by atoms with Gasteiger partial charge in [0, 0.05) is 0 Å². The lowest BCUT2D eigenvalue weighted by atomic mass is 10.2. The van der Waals surface area contributed by atoms with E-state index in [1.165, 1.54) is 4.40 Å². The summed E-state index contributed by atoms with van der Waals surface area (Å²) in [7, 11) is 0. The summed E-state index contributed by atoms with van der Waals surface area (Å²) in [6.45, 7) is 1.97. The number of hydrogen-bond acceptors (Lipinski definition) is 2. The van der Waals surface area contributed by atoms with Crippen molar-refractivity contribution in [2.75, 3.05) is 0 Å². The maximum absolute atomic E-state index is 12.7. The number of nitrogens with one attached hydrogen (secondary N) is 1. The summed E-state index contributed by atoms with van der Waals surface area (Å²) in [5.41, 5.74) is 2.99. The summed E-state index contributed by atoms with van der Waals surface area (Å²) in [5.74, 6) is 0.478. The third-order valence-electron chi connectivity index (χ3n) is 3.55. The molecule has 104 valence electrons. The number of hydrogen-bond donors (Lipinski definition) is 1. The SMILES string of the molecule is Cc1ccc2c(=O)n3c(nc2c1)[nH]c1cc(Cl)c(Cl)cc13. The summed E-state index contributed by atoms with van der Waals surface area (Å²) in [6, 6.07) is 8.95. The second kappa shape index (κ2) is 4.23. The Balaban J connectivity index is 2.28. The highest BCUT2D eigenvalue weighted by Gasteiger charge is 2.12. The summed E-state index contributed by atoms with van der Waals surface area (Å²) in [4.78, 5) is 20.3. The highest BCUT2D eigenvalue weighted by molar-refractivity contribution is 6.42. The van der Waals surface area contributed by atoms with Crippen LogP contribution in [0.15, 0.2) is 35.1 Å². The lowest BCUT2D eigenvalue weighted by Gasteiger charge is -2.01. The molecule has 0 fully saturated rings. The predicted octanol–water partition coefficient (Wildman–Crippen LogP) is 3.94. The predicted molar refractivity (Wildman–Crippen MR) is 85.6 cm³/mol. The van der Waals surface area contributed by atoms with Gasteiger partial charge in [-0.15, -0.1) is 0 Å². The third kappa shape index (κ3) is 1.76. The van der Waals surface area contributed by atoms with Crippen LogP contribution in [-0.4, -0.2) is 14.4 Å². The molecule has 0 radical (unpaired) electrons. The van der Waals surface area contributed by atoms with Crippen molar-refractivity contribution in [2.24, 2.45) is 0 Å². The Morgan fingerprint density at radius 3 is 2.71 bits per heavy atom. The minimum atomic E-state index is -0.125. The molecule has 2 aromatic carbocycles. The molecule has 0 aliphatic carbocycles. The molecule has 4 nitrogen and oxygen atoms in total. The Morgan fingerprint density at radius 1 is 1.14 bits per heavy atom. The number of aromatic nitrogens is 3. The molecule has 0 spiro atoms. The maximum atomic E-state index is 12.7. The van der Waals surface area contributed by atoms with Crippen LogP contribution in [0, 0.1) is 6.92 Å². The van der Waals surface area contributed by atoms with Gasteiger partial charge in [-0.2, -0.15) is 0 Å². The number of imidazole rings is 1. The molecule has 0 bridgehead atoms. The fourth-order valence-electron chi connectivity index (χ4n) is 2.55. The second-order valence-electron chi connectivity index (χ2n) is 5.01. The van der Waals surface area contributed by atoms with E-state index in [0.29, 0.717) is 32.2 Å². The zero-order valence-corrected chi connectivity index (χ0v) is 12.5. The number of aryl methyl sites for hydroxylation is 1. The molecule has 0 amide bonds. The molecule has 0 aliphatic rings. The normalized spacial score (nSPS) is 11.8. The topological polar surface area (TPSA) is 50.2 Å². The molecular weight excluding hydrogens is 309 g/mol. The Kier molecular flexibility index (Phi) is 2.55. The van der Waals surface area contributed by atoms with Crippen molar-refractivity contribution < 1.29 is 0 Å². The molecule has 21 heavy (non-hydrogen) atoms. The average molecular weight is 318 g/mol. The van der Waals surface area contributed by atoms with Crippen LogP contribution < -0.4 is 5.56 Å². The van der Waals surface area contributed by atoms with Gasteiger partial charge in [-0.25, -0.2) is 9.38 Å². The van der Waals surface area contributed by atoms with Crippen LogP contribution in [0.25, 0.3) is 27.7 Å². The fourth-order valence-corrected chi connectivity index (χ4v) is 2.87. The van der Waals surface area contributed by atoms with Crippen molar-refractivity contribution in [3.05, 3.63) is 56.3 Å². The van der Waals surface area contributed by atoms with Gasteiger partial charge >= 0.3 is 0 Å². The number of H-pyrrole nitrogens is 1. The number of aromatic amines is 1. The largest absolute Gasteiger partial charge is 0.323 e. The molecule has 0 unspecified atom stereocenters. The number of nitrogens with zero attached hydrogens (tertiary/aromatic N) is 2. The van der Waals surface area contributed by atoms with E-state index in [1.807, 2.05) is 19.1 Å². The van der Waals surface area contributed by atoms with E-state index < -0.39 is 0 Å². The van der Waals surface area contributed by atoms with Gasteiger partial charge in [0.15, 0.2) is 0 Å².